The Morgan fingerprint density at radius 2 is 2.20 bits per heavy atom. The molecule has 20 heavy (non-hydrogen) atoms. The van der Waals surface area contributed by atoms with Crippen LogP contribution in [0.3, 0.4) is 0 Å². The van der Waals surface area contributed by atoms with Gasteiger partial charge in [-0.15, -0.1) is 0 Å². The van der Waals surface area contributed by atoms with Crippen molar-refractivity contribution in [3.63, 3.8) is 0 Å². The average molecular weight is 271 g/mol. The molecule has 0 saturated heterocycles. The van der Waals surface area contributed by atoms with Crippen molar-refractivity contribution in [1.82, 2.24) is 9.97 Å². The van der Waals surface area contributed by atoms with Crippen molar-refractivity contribution in [3.05, 3.63) is 29.0 Å². The lowest BCUT2D eigenvalue weighted by molar-refractivity contribution is 0.111. The fraction of sp³-hybridized carbons (Fsp3) is 0.500. The Balaban J connectivity index is 2.26. The second-order valence-corrected chi connectivity index (χ2v) is 5.32. The summed E-state index contributed by atoms with van der Waals surface area (Å²) in [6.07, 6.45) is 8.53. The molecule has 0 saturated carbocycles. The molecule has 0 aliphatic heterocycles. The molecular weight excluding hydrogens is 250 g/mol. The number of allylic oxidation sites excluding steroid dienone is 1. The summed E-state index contributed by atoms with van der Waals surface area (Å²) in [5, 5.41) is 0. The highest BCUT2D eigenvalue weighted by atomic mass is 16.1. The lowest BCUT2D eigenvalue weighted by atomic mass is 10.1. The molecule has 0 fully saturated rings. The molecule has 4 nitrogen and oxygen atoms in total. The van der Waals surface area contributed by atoms with Gasteiger partial charge >= 0.3 is 0 Å². The van der Waals surface area contributed by atoms with E-state index in [-0.39, 0.29) is 0 Å². The molecule has 1 aromatic rings. The Morgan fingerprint density at radius 3 is 2.90 bits per heavy atom. The Bertz CT molecular complexity index is 561. The zero-order valence-electron chi connectivity index (χ0n) is 12.4. The number of fused-ring (bicyclic) bond motifs is 1. The highest BCUT2D eigenvalue weighted by Crippen LogP contribution is 2.23. The van der Waals surface area contributed by atoms with Crippen LogP contribution >= 0.6 is 0 Å². The second kappa shape index (κ2) is 6.55. The molecule has 0 amide bonds. The quantitative estimate of drug-likeness (QED) is 0.610. The molecule has 1 aromatic heterocycles. The standard InChI is InChI=1S/C16H21N3O/c1-4-11(2)8-17-9-12(3)16-18-14-7-5-6-13(14)15(10-20)19-16/h8-11H,4-7H2,1-3H3/b12-9+,17-8?. The Labute approximate surface area is 120 Å². The molecule has 0 N–H and O–H groups in total. The van der Waals surface area contributed by atoms with E-state index in [0.29, 0.717) is 17.4 Å². The number of hydrogen-bond acceptors (Lipinski definition) is 4. The summed E-state index contributed by atoms with van der Waals surface area (Å²) in [4.78, 5) is 24.4. The molecule has 0 spiro atoms. The number of hydrogen-bond donors (Lipinski definition) is 0. The summed E-state index contributed by atoms with van der Waals surface area (Å²) in [5.41, 5.74) is 3.49. The first-order valence-corrected chi connectivity index (χ1v) is 7.21. The van der Waals surface area contributed by atoms with Gasteiger partial charge in [0.1, 0.15) is 5.69 Å². The zero-order chi connectivity index (χ0) is 14.5. The van der Waals surface area contributed by atoms with Gasteiger partial charge in [-0.2, -0.15) is 0 Å². The number of carbonyl (C=O) groups excluding carboxylic acids is 1. The van der Waals surface area contributed by atoms with E-state index in [1.165, 1.54) is 0 Å². The van der Waals surface area contributed by atoms with Crippen LogP contribution in [-0.2, 0) is 12.8 Å². The van der Waals surface area contributed by atoms with Gasteiger partial charge in [0.15, 0.2) is 12.1 Å². The third-order valence-corrected chi connectivity index (χ3v) is 3.68. The summed E-state index contributed by atoms with van der Waals surface area (Å²) in [7, 11) is 0. The largest absolute Gasteiger partial charge is 0.296 e. The van der Waals surface area contributed by atoms with Crippen LogP contribution in [0.25, 0.3) is 5.57 Å². The molecule has 1 aliphatic rings. The second-order valence-electron chi connectivity index (χ2n) is 5.32. The number of rotatable bonds is 5. The third-order valence-electron chi connectivity index (χ3n) is 3.68. The van der Waals surface area contributed by atoms with Crippen LogP contribution in [0.2, 0.25) is 0 Å². The fourth-order valence-corrected chi connectivity index (χ4v) is 2.20. The van der Waals surface area contributed by atoms with Gasteiger partial charge in [0, 0.05) is 29.2 Å². The van der Waals surface area contributed by atoms with Gasteiger partial charge in [-0.1, -0.05) is 13.8 Å². The molecule has 1 aliphatic carbocycles. The van der Waals surface area contributed by atoms with Crippen LogP contribution in [0.15, 0.2) is 11.2 Å². The van der Waals surface area contributed by atoms with Crippen molar-refractivity contribution in [3.8, 4) is 0 Å². The first-order valence-electron chi connectivity index (χ1n) is 7.21. The van der Waals surface area contributed by atoms with Crippen LogP contribution in [0.1, 0.15) is 61.2 Å². The Hall–Kier alpha value is -1.84. The van der Waals surface area contributed by atoms with Crippen LogP contribution < -0.4 is 0 Å². The number of aliphatic imine (C=N–C) groups is 1. The van der Waals surface area contributed by atoms with Crippen molar-refractivity contribution in [1.29, 1.82) is 0 Å². The molecule has 1 unspecified atom stereocenters. The van der Waals surface area contributed by atoms with Crippen LogP contribution in [0.5, 0.6) is 0 Å². The Morgan fingerprint density at radius 1 is 1.40 bits per heavy atom. The van der Waals surface area contributed by atoms with Gasteiger partial charge in [0.25, 0.3) is 0 Å². The van der Waals surface area contributed by atoms with Crippen molar-refractivity contribution >= 4 is 18.1 Å². The van der Waals surface area contributed by atoms with Crippen molar-refractivity contribution in [2.24, 2.45) is 10.9 Å². The number of carbonyl (C=O) groups is 1. The van der Waals surface area contributed by atoms with Gasteiger partial charge in [-0.05, 0) is 38.5 Å². The first kappa shape index (κ1) is 14.6. The lowest BCUT2D eigenvalue weighted by Crippen LogP contribution is -2.04. The maximum absolute atomic E-state index is 11.1. The van der Waals surface area contributed by atoms with E-state index in [9.17, 15) is 4.79 Å². The minimum Gasteiger partial charge on any atom is -0.296 e. The molecular formula is C16H21N3O. The molecule has 2 rings (SSSR count). The summed E-state index contributed by atoms with van der Waals surface area (Å²) >= 11 is 0. The molecule has 0 bridgehead atoms. The predicted octanol–water partition coefficient (Wildman–Crippen LogP) is 3.26. The number of aryl methyl sites for hydroxylation is 1. The molecule has 1 heterocycles. The molecule has 1 atom stereocenters. The smallest absolute Gasteiger partial charge is 0.168 e. The molecule has 4 heteroatoms. The van der Waals surface area contributed by atoms with Crippen LogP contribution in [0.4, 0.5) is 0 Å². The highest BCUT2D eigenvalue weighted by molar-refractivity contribution is 5.76. The summed E-state index contributed by atoms with van der Waals surface area (Å²) in [6.45, 7) is 6.19. The van der Waals surface area contributed by atoms with Gasteiger partial charge in [-0.3, -0.25) is 9.79 Å². The predicted molar refractivity (Wildman–Crippen MR) is 81.0 cm³/mol. The van der Waals surface area contributed by atoms with E-state index in [2.05, 4.69) is 28.8 Å². The lowest BCUT2D eigenvalue weighted by Gasteiger charge is -2.05. The van der Waals surface area contributed by atoms with E-state index in [0.717, 1.165) is 48.8 Å². The average Bonchev–Trinajstić information content (AvgIpc) is 2.94. The van der Waals surface area contributed by atoms with E-state index < -0.39 is 0 Å². The summed E-state index contributed by atoms with van der Waals surface area (Å²) in [6, 6.07) is 0. The summed E-state index contributed by atoms with van der Waals surface area (Å²) < 4.78 is 0. The first-order chi connectivity index (χ1) is 9.65. The molecule has 106 valence electrons. The SMILES string of the molecule is CCC(C)C=N/C=C(\C)c1nc(C=O)c2c(n1)CCC2. The van der Waals surface area contributed by atoms with Crippen molar-refractivity contribution in [2.45, 2.75) is 46.5 Å². The molecule has 0 aromatic carbocycles. The van der Waals surface area contributed by atoms with E-state index >= 15 is 0 Å². The number of aromatic nitrogens is 2. The van der Waals surface area contributed by atoms with E-state index in [4.69, 9.17) is 0 Å². The van der Waals surface area contributed by atoms with Gasteiger partial charge in [0.2, 0.25) is 0 Å². The number of nitrogens with zero attached hydrogens (tertiary/aromatic N) is 3. The maximum Gasteiger partial charge on any atom is 0.168 e. The Kier molecular flexibility index (Phi) is 4.77. The van der Waals surface area contributed by atoms with Crippen LogP contribution in [-0.4, -0.2) is 22.5 Å². The van der Waals surface area contributed by atoms with Crippen molar-refractivity contribution < 1.29 is 4.79 Å². The van der Waals surface area contributed by atoms with E-state index in [1.807, 2.05) is 13.1 Å². The minimum absolute atomic E-state index is 0.463. The maximum atomic E-state index is 11.1. The van der Waals surface area contributed by atoms with Gasteiger partial charge in [-0.25, -0.2) is 9.97 Å². The third kappa shape index (κ3) is 3.18. The minimum atomic E-state index is 0.463. The normalized spacial score (nSPS) is 16.4. The fourth-order valence-electron chi connectivity index (χ4n) is 2.20. The van der Waals surface area contributed by atoms with Crippen LogP contribution in [0, 0.1) is 5.92 Å². The number of aldehydes is 1. The van der Waals surface area contributed by atoms with Gasteiger partial charge in [0.05, 0.1) is 0 Å². The van der Waals surface area contributed by atoms with Gasteiger partial charge < -0.3 is 0 Å². The highest BCUT2D eigenvalue weighted by Gasteiger charge is 2.19. The van der Waals surface area contributed by atoms with Crippen molar-refractivity contribution in [2.75, 3.05) is 0 Å². The summed E-state index contributed by atoms with van der Waals surface area (Å²) in [5.74, 6) is 1.08. The van der Waals surface area contributed by atoms with E-state index in [1.54, 1.807) is 6.20 Å². The zero-order valence-corrected chi connectivity index (χ0v) is 12.4. The monoisotopic (exact) mass is 271 g/mol. The topological polar surface area (TPSA) is 55.2 Å². The molecule has 0 radical (unpaired) electrons.